The van der Waals surface area contributed by atoms with Crippen LogP contribution in [0.5, 0.6) is 11.5 Å². The van der Waals surface area contributed by atoms with Crippen molar-refractivity contribution in [3.05, 3.63) is 58.9 Å². The van der Waals surface area contributed by atoms with Gasteiger partial charge in [-0.05, 0) is 61.9 Å². The fourth-order valence-corrected chi connectivity index (χ4v) is 2.85. The monoisotopic (exact) mass is 286 g/mol. The van der Waals surface area contributed by atoms with E-state index in [1.165, 1.54) is 30.0 Å². The highest BCUT2D eigenvalue weighted by atomic mass is 19.1. The summed E-state index contributed by atoms with van der Waals surface area (Å²) < 4.78 is 19.7. The SMILES string of the molecule is C[C@@H](O)c1cccc(F)c1Oc1ccc2c(c1)CCCC2. The van der Waals surface area contributed by atoms with Crippen LogP contribution in [0.4, 0.5) is 4.39 Å². The third-order valence-electron chi connectivity index (χ3n) is 3.99. The molecular formula is C18H19FO2. The zero-order chi connectivity index (χ0) is 14.8. The van der Waals surface area contributed by atoms with E-state index in [0.29, 0.717) is 11.3 Å². The molecule has 1 aliphatic carbocycles. The molecule has 0 unspecified atom stereocenters. The average Bonchev–Trinajstić information content (AvgIpc) is 2.49. The van der Waals surface area contributed by atoms with Gasteiger partial charge in [0.15, 0.2) is 11.6 Å². The summed E-state index contributed by atoms with van der Waals surface area (Å²) in [7, 11) is 0. The Morgan fingerprint density at radius 1 is 1.10 bits per heavy atom. The van der Waals surface area contributed by atoms with Gasteiger partial charge in [0, 0.05) is 5.56 Å². The summed E-state index contributed by atoms with van der Waals surface area (Å²) in [6.07, 6.45) is 3.80. The van der Waals surface area contributed by atoms with Crippen LogP contribution in [0.2, 0.25) is 0 Å². The van der Waals surface area contributed by atoms with E-state index in [1.54, 1.807) is 19.1 Å². The Labute approximate surface area is 124 Å². The minimum Gasteiger partial charge on any atom is -0.454 e. The summed E-state index contributed by atoms with van der Waals surface area (Å²) in [5.74, 6) is 0.289. The Morgan fingerprint density at radius 2 is 1.86 bits per heavy atom. The molecule has 0 saturated heterocycles. The number of aliphatic hydroxyl groups is 1. The van der Waals surface area contributed by atoms with Crippen LogP contribution in [0.15, 0.2) is 36.4 Å². The maximum Gasteiger partial charge on any atom is 0.168 e. The molecule has 1 N–H and O–H groups in total. The van der Waals surface area contributed by atoms with Crippen LogP contribution in [-0.4, -0.2) is 5.11 Å². The van der Waals surface area contributed by atoms with Crippen LogP contribution >= 0.6 is 0 Å². The number of aliphatic hydroxyl groups excluding tert-OH is 1. The van der Waals surface area contributed by atoms with Crippen molar-refractivity contribution in [2.45, 2.75) is 38.7 Å². The second kappa shape index (κ2) is 5.86. The number of halogens is 1. The fraction of sp³-hybridized carbons (Fsp3) is 0.333. The van der Waals surface area contributed by atoms with Crippen LogP contribution in [0, 0.1) is 5.82 Å². The Balaban J connectivity index is 1.94. The number of rotatable bonds is 3. The number of hydrogen-bond acceptors (Lipinski definition) is 2. The first kappa shape index (κ1) is 14.1. The normalized spacial score (nSPS) is 15.4. The highest BCUT2D eigenvalue weighted by Crippen LogP contribution is 2.34. The van der Waals surface area contributed by atoms with Gasteiger partial charge in [0.05, 0.1) is 6.10 Å². The topological polar surface area (TPSA) is 29.5 Å². The zero-order valence-corrected chi connectivity index (χ0v) is 12.1. The second-order valence-electron chi connectivity index (χ2n) is 5.57. The number of ether oxygens (including phenoxy) is 1. The number of benzene rings is 2. The first-order valence-electron chi connectivity index (χ1n) is 7.41. The van der Waals surface area contributed by atoms with Crippen molar-refractivity contribution in [1.82, 2.24) is 0 Å². The molecule has 0 heterocycles. The third-order valence-corrected chi connectivity index (χ3v) is 3.99. The molecule has 1 atom stereocenters. The van der Waals surface area contributed by atoms with Crippen LogP contribution < -0.4 is 4.74 Å². The molecule has 0 saturated carbocycles. The molecule has 0 aromatic heterocycles. The molecule has 0 amide bonds. The van der Waals surface area contributed by atoms with E-state index in [9.17, 15) is 9.50 Å². The second-order valence-corrected chi connectivity index (χ2v) is 5.57. The van der Waals surface area contributed by atoms with Gasteiger partial charge >= 0.3 is 0 Å². The van der Waals surface area contributed by atoms with Crippen molar-refractivity contribution in [3.8, 4) is 11.5 Å². The third kappa shape index (κ3) is 2.93. The standard InChI is InChI=1S/C18H19FO2/c1-12(20)16-7-4-8-17(19)18(16)21-15-10-9-13-5-2-3-6-14(13)11-15/h4,7-12,20H,2-3,5-6H2,1H3/t12-/m1/s1. The van der Waals surface area contributed by atoms with E-state index in [2.05, 4.69) is 6.07 Å². The lowest BCUT2D eigenvalue weighted by atomic mass is 9.92. The number of hydrogen-bond donors (Lipinski definition) is 1. The molecule has 2 aromatic carbocycles. The first-order valence-corrected chi connectivity index (χ1v) is 7.41. The molecule has 1 aliphatic rings. The Morgan fingerprint density at radius 3 is 2.62 bits per heavy atom. The zero-order valence-electron chi connectivity index (χ0n) is 12.1. The van der Waals surface area contributed by atoms with E-state index in [-0.39, 0.29) is 5.75 Å². The van der Waals surface area contributed by atoms with E-state index < -0.39 is 11.9 Å². The number of para-hydroxylation sites is 1. The number of fused-ring (bicyclic) bond motifs is 1. The molecule has 110 valence electrons. The van der Waals surface area contributed by atoms with Crippen molar-refractivity contribution >= 4 is 0 Å². The average molecular weight is 286 g/mol. The molecule has 3 heteroatoms. The lowest BCUT2D eigenvalue weighted by Gasteiger charge is -2.18. The quantitative estimate of drug-likeness (QED) is 0.897. The summed E-state index contributed by atoms with van der Waals surface area (Å²) in [5.41, 5.74) is 3.11. The van der Waals surface area contributed by atoms with Crippen LogP contribution in [0.1, 0.15) is 42.6 Å². The fourth-order valence-electron chi connectivity index (χ4n) is 2.85. The molecule has 21 heavy (non-hydrogen) atoms. The summed E-state index contributed by atoms with van der Waals surface area (Å²) in [6, 6.07) is 10.5. The van der Waals surface area contributed by atoms with E-state index in [4.69, 9.17) is 4.74 Å². The van der Waals surface area contributed by atoms with Crippen LogP contribution in [-0.2, 0) is 12.8 Å². The van der Waals surface area contributed by atoms with Crippen molar-refractivity contribution in [3.63, 3.8) is 0 Å². The van der Waals surface area contributed by atoms with E-state index >= 15 is 0 Å². The van der Waals surface area contributed by atoms with Gasteiger partial charge in [-0.3, -0.25) is 0 Å². The maximum atomic E-state index is 14.0. The van der Waals surface area contributed by atoms with Gasteiger partial charge in [-0.1, -0.05) is 18.2 Å². The Kier molecular flexibility index (Phi) is 3.93. The van der Waals surface area contributed by atoms with Crippen molar-refractivity contribution < 1.29 is 14.2 Å². The minimum atomic E-state index is -0.770. The van der Waals surface area contributed by atoms with Gasteiger partial charge in [-0.15, -0.1) is 0 Å². The predicted octanol–water partition coefficient (Wildman–Crippen LogP) is 4.55. The van der Waals surface area contributed by atoms with Gasteiger partial charge in [0.1, 0.15) is 5.75 Å². The predicted molar refractivity (Wildman–Crippen MR) is 80.2 cm³/mol. The molecule has 0 spiro atoms. The van der Waals surface area contributed by atoms with Gasteiger partial charge in [0.25, 0.3) is 0 Å². The minimum absolute atomic E-state index is 0.114. The molecule has 0 bridgehead atoms. The van der Waals surface area contributed by atoms with E-state index in [1.807, 2.05) is 12.1 Å². The summed E-state index contributed by atoms with van der Waals surface area (Å²) in [5, 5.41) is 9.75. The highest BCUT2D eigenvalue weighted by molar-refractivity contribution is 5.43. The van der Waals surface area contributed by atoms with Crippen molar-refractivity contribution in [2.24, 2.45) is 0 Å². The maximum absolute atomic E-state index is 14.0. The largest absolute Gasteiger partial charge is 0.454 e. The summed E-state index contributed by atoms with van der Waals surface area (Å²) >= 11 is 0. The van der Waals surface area contributed by atoms with Crippen molar-refractivity contribution in [2.75, 3.05) is 0 Å². The Hall–Kier alpha value is -1.87. The molecule has 3 rings (SSSR count). The van der Waals surface area contributed by atoms with Gasteiger partial charge in [-0.25, -0.2) is 4.39 Å². The highest BCUT2D eigenvalue weighted by Gasteiger charge is 2.16. The smallest absolute Gasteiger partial charge is 0.168 e. The molecule has 0 aliphatic heterocycles. The molecule has 2 aromatic rings. The van der Waals surface area contributed by atoms with Crippen molar-refractivity contribution in [1.29, 1.82) is 0 Å². The van der Waals surface area contributed by atoms with Gasteiger partial charge in [-0.2, -0.15) is 0 Å². The first-order chi connectivity index (χ1) is 10.1. The Bertz CT molecular complexity index is 650. The van der Waals surface area contributed by atoms with Crippen LogP contribution in [0.3, 0.4) is 0 Å². The molecule has 0 radical (unpaired) electrons. The summed E-state index contributed by atoms with van der Waals surface area (Å²) in [4.78, 5) is 0. The van der Waals surface area contributed by atoms with E-state index in [0.717, 1.165) is 12.8 Å². The lowest BCUT2D eigenvalue weighted by Crippen LogP contribution is -2.03. The van der Waals surface area contributed by atoms with Gasteiger partial charge in [0.2, 0.25) is 0 Å². The molecular weight excluding hydrogens is 267 g/mol. The van der Waals surface area contributed by atoms with Gasteiger partial charge < -0.3 is 9.84 Å². The number of aryl methyl sites for hydroxylation is 2. The lowest BCUT2D eigenvalue weighted by molar-refractivity contribution is 0.194. The molecule has 2 nitrogen and oxygen atoms in total. The van der Waals surface area contributed by atoms with Crippen LogP contribution in [0.25, 0.3) is 0 Å². The molecule has 0 fully saturated rings. The summed E-state index contributed by atoms with van der Waals surface area (Å²) in [6.45, 7) is 1.61.